The third-order valence-electron chi connectivity index (χ3n) is 3.53. The van der Waals surface area contributed by atoms with Crippen LogP contribution in [0.2, 0.25) is 0 Å². The minimum absolute atomic E-state index is 0.0473. The first-order valence-corrected chi connectivity index (χ1v) is 12.0. The van der Waals surface area contributed by atoms with Gasteiger partial charge in [-0.3, -0.25) is 14.9 Å². The summed E-state index contributed by atoms with van der Waals surface area (Å²) >= 11 is 4.47. The number of rotatable bonds is 8. The maximum atomic E-state index is 12.5. The molecule has 0 spiro atoms. The molecule has 3 rings (SSSR count). The van der Waals surface area contributed by atoms with E-state index in [1.807, 2.05) is 17.5 Å². The van der Waals surface area contributed by atoms with Crippen molar-refractivity contribution in [3.05, 3.63) is 52.2 Å². The van der Waals surface area contributed by atoms with Crippen molar-refractivity contribution in [2.24, 2.45) is 0 Å². The number of hydrogen-bond donors (Lipinski definition) is 1. The molecular formula is C16H16N4O4S4. The van der Waals surface area contributed by atoms with Crippen LogP contribution in [0.1, 0.15) is 15.2 Å². The van der Waals surface area contributed by atoms with Crippen molar-refractivity contribution in [2.75, 3.05) is 19.5 Å². The number of nitrogens with zero attached hydrogens (tertiary/aromatic N) is 3. The van der Waals surface area contributed by atoms with Gasteiger partial charge in [-0.25, -0.2) is 8.42 Å². The average molecular weight is 457 g/mol. The predicted octanol–water partition coefficient (Wildman–Crippen LogP) is 3.33. The molecular weight excluding hydrogens is 440 g/mol. The lowest BCUT2D eigenvalue weighted by Gasteiger charge is -2.14. The Morgan fingerprint density at radius 1 is 1.29 bits per heavy atom. The Morgan fingerprint density at radius 2 is 2.11 bits per heavy atom. The van der Waals surface area contributed by atoms with E-state index in [4.69, 9.17) is 4.84 Å². The largest absolute Gasteiger partial charge is 0.296 e. The zero-order valence-corrected chi connectivity index (χ0v) is 18.1. The fraction of sp³-hybridized carbons (Fsp3) is 0.188. The third-order valence-corrected chi connectivity index (χ3v) is 8.29. The second kappa shape index (κ2) is 9.11. The van der Waals surface area contributed by atoms with E-state index in [9.17, 15) is 13.2 Å². The third kappa shape index (κ3) is 4.96. The number of carbonyl (C=O) groups is 1. The van der Waals surface area contributed by atoms with E-state index in [1.165, 1.54) is 66.4 Å². The molecule has 148 valence electrons. The normalized spacial score (nSPS) is 11.7. The highest BCUT2D eigenvalue weighted by molar-refractivity contribution is 8.00. The van der Waals surface area contributed by atoms with Crippen molar-refractivity contribution in [1.82, 2.24) is 14.7 Å². The summed E-state index contributed by atoms with van der Waals surface area (Å²) in [5.41, 5.74) is 0.188. The molecule has 12 heteroatoms. The topological polar surface area (TPSA) is 101 Å². The molecule has 1 amide bonds. The molecule has 0 aliphatic carbocycles. The highest BCUT2D eigenvalue weighted by Gasteiger charge is 2.22. The van der Waals surface area contributed by atoms with Crippen LogP contribution < -0.4 is 5.32 Å². The second-order valence-electron chi connectivity index (χ2n) is 5.32. The zero-order valence-electron chi connectivity index (χ0n) is 14.9. The summed E-state index contributed by atoms with van der Waals surface area (Å²) < 4.78 is 26.1. The Bertz CT molecular complexity index is 1050. The number of thiophene rings is 1. The minimum atomic E-state index is -3.84. The molecule has 1 N–H and O–H groups in total. The summed E-state index contributed by atoms with van der Waals surface area (Å²) in [6.07, 6.45) is 0. The van der Waals surface area contributed by atoms with Gasteiger partial charge >= 0.3 is 0 Å². The molecule has 1 aromatic carbocycles. The maximum Gasteiger partial charge on any atom is 0.264 e. The average Bonchev–Trinajstić information content (AvgIpc) is 3.37. The molecule has 2 heterocycles. The van der Waals surface area contributed by atoms with Crippen LogP contribution in [0, 0.1) is 0 Å². The first-order valence-electron chi connectivity index (χ1n) is 7.83. The zero-order chi connectivity index (χ0) is 20.1. The van der Waals surface area contributed by atoms with E-state index < -0.39 is 15.9 Å². The lowest BCUT2D eigenvalue weighted by Crippen LogP contribution is -2.26. The molecule has 0 saturated heterocycles. The lowest BCUT2D eigenvalue weighted by atomic mass is 10.2. The summed E-state index contributed by atoms with van der Waals surface area (Å²) in [6.45, 7) is 0. The number of amides is 1. The number of thioether (sulfide) groups is 1. The number of benzene rings is 1. The summed E-state index contributed by atoms with van der Waals surface area (Å²) in [4.78, 5) is 18.4. The van der Waals surface area contributed by atoms with Gasteiger partial charge in [0.1, 0.15) is 0 Å². The van der Waals surface area contributed by atoms with Crippen molar-refractivity contribution >= 4 is 55.5 Å². The van der Waals surface area contributed by atoms with Crippen molar-refractivity contribution in [3.8, 4) is 0 Å². The SMILES string of the molecule is CON(C)S(=O)(=O)c1cccc(C(=O)Nc2nnc(SCc3cccs3)s2)c1. The molecule has 0 fully saturated rings. The van der Waals surface area contributed by atoms with Crippen LogP contribution in [-0.4, -0.2) is 43.1 Å². The van der Waals surface area contributed by atoms with Gasteiger partial charge in [0.2, 0.25) is 5.13 Å². The van der Waals surface area contributed by atoms with Gasteiger partial charge in [0.05, 0.1) is 12.0 Å². The van der Waals surface area contributed by atoms with Crippen LogP contribution in [0.4, 0.5) is 5.13 Å². The minimum Gasteiger partial charge on any atom is -0.296 e. The van der Waals surface area contributed by atoms with Gasteiger partial charge in [0.25, 0.3) is 15.9 Å². The van der Waals surface area contributed by atoms with E-state index in [2.05, 4.69) is 15.5 Å². The monoisotopic (exact) mass is 456 g/mol. The van der Waals surface area contributed by atoms with Crippen LogP contribution in [0.3, 0.4) is 0 Å². The van der Waals surface area contributed by atoms with Crippen molar-refractivity contribution in [3.63, 3.8) is 0 Å². The van der Waals surface area contributed by atoms with Crippen molar-refractivity contribution < 1.29 is 18.0 Å². The van der Waals surface area contributed by atoms with E-state index in [-0.39, 0.29) is 10.5 Å². The van der Waals surface area contributed by atoms with E-state index in [1.54, 1.807) is 11.3 Å². The van der Waals surface area contributed by atoms with Crippen molar-refractivity contribution in [2.45, 2.75) is 15.0 Å². The van der Waals surface area contributed by atoms with Gasteiger partial charge in [-0.15, -0.1) is 21.5 Å². The van der Waals surface area contributed by atoms with Crippen LogP contribution in [-0.2, 0) is 20.6 Å². The first kappa shape index (κ1) is 20.9. The molecule has 28 heavy (non-hydrogen) atoms. The number of nitrogens with one attached hydrogen (secondary N) is 1. The molecule has 0 radical (unpaired) electrons. The second-order valence-corrected chi connectivity index (χ2v) is 10.5. The van der Waals surface area contributed by atoms with Gasteiger partial charge in [-0.2, -0.15) is 0 Å². The molecule has 0 atom stereocenters. The van der Waals surface area contributed by atoms with Gasteiger partial charge in [0.15, 0.2) is 4.34 Å². The molecule has 8 nitrogen and oxygen atoms in total. The number of sulfonamides is 1. The Morgan fingerprint density at radius 3 is 2.82 bits per heavy atom. The van der Waals surface area contributed by atoms with Crippen molar-refractivity contribution in [1.29, 1.82) is 0 Å². The maximum absolute atomic E-state index is 12.5. The smallest absolute Gasteiger partial charge is 0.264 e. The first-order chi connectivity index (χ1) is 13.4. The summed E-state index contributed by atoms with van der Waals surface area (Å²) in [7, 11) is -1.32. The molecule has 0 aliphatic rings. The highest BCUT2D eigenvalue weighted by Crippen LogP contribution is 2.29. The van der Waals surface area contributed by atoms with E-state index in [0.29, 0.717) is 5.13 Å². The lowest BCUT2D eigenvalue weighted by molar-refractivity contribution is -0.0258. The van der Waals surface area contributed by atoms with Gasteiger partial charge in [0, 0.05) is 23.2 Å². The Labute approximate surface area is 174 Å². The van der Waals surface area contributed by atoms with Crippen LogP contribution in [0.25, 0.3) is 0 Å². The number of hydrogen-bond acceptors (Lipinski definition) is 9. The molecule has 0 unspecified atom stereocenters. The van der Waals surface area contributed by atoms with E-state index in [0.717, 1.165) is 14.6 Å². The van der Waals surface area contributed by atoms with E-state index >= 15 is 0 Å². The number of aromatic nitrogens is 2. The fourth-order valence-corrected chi connectivity index (χ4v) is 5.60. The van der Waals surface area contributed by atoms with Crippen LogP contribution in [0.5, 0.6) is 0 Å². The van der Waals surface area contributed by atoms with Crippen LogP contribution in [0.15, 0.2) is 51.0 Å². The number of hydroxylamine groups is 1. The molecule has 3 aromatic rings. The van der Waals surface area contributed by atoms with Crippen LogP contribution >= 0.6 is 34.4 Å². The Hall–Kier alpha value is -1.83. The summed E-state index contributed by atoms with van der Waals surface area (Å²) in [6, 6.07) is 9.73. The van der Waals surface area contributed by atoms with Gasteiger partial charge < -0.3 is 0 Å². The quantitative estimate of drug-likeness (QED) is 0.315. The molecule has 0 aliphatic heterocycles. The highest BCUT2D eigenvalue weighted by atomic mass is 32.2. The standard InChI is InChI=1S/C16H16N4O4S4/c1-20(24-2)28(22,23)13-7-3-5-11(9-13)14(21)17-15-18-19-16(27-15)26-10-12-6-4-8-25-12/h3-9H,10H2,1-2H3,(H,17,18,21). The Balaban J connectivity index is 1.67. The van der Waals surface area contributed by atoms with Gasteiger partial charge in [-0.05, 0) is 29.6 Å². The van der Waals surface area contributed by atoms with Gasteiger partial charge in [-0.1, -0.05) is 39.7 Å². The fourth-order valence-electron chi connectivity index (χ4n) is 2.06. The predicted molar refractivity (Wildman–Crippen MR) is 110 cm³/mol. The molecule has 0 bridgehead atoms. The Kier molecular flexibility index (Phi) is 6.80. The number of anilines is 1. The molecule has 2 aromatic heterocycles. The number of carbonyl (C=O) groups excluding carboxylic acids is 1. The molecule has 0 saturated carbocycles. The summed E-state index contributed by atoms with van der Waals surface area (Å²) in [5, 5.41) is 13.0. The summed E-state index contributed by atoms with van der Waals surface area (Å²) in [5.74, 6) is 0.316.